The summed E-state index contributed by atoms with van der Waals surface area (Å²) in [6.07, 6.45) is 3.10. The Kier molecular flexibility index (Phi) is 5.95. The zero-order valence-electron chi connectivity index (χ0n) is 10.3. The summed E-state index contributed by atoms with van der Waals surface area (Å²) >= 11 is 0. The molecule has 0 radical (unpaired) electrons. The highest BCUT2D eigenvalue weighted by atomic mass is 16.1. The van der Waals surface area contributed by atoms with Gasteiger partial charge in [0.2, 0.25) is 5.91 Å². The summed E-state index contributed by atoms with van der Waals surface area (Å²) in [4.78, 5) is 11.6. The number of amides is 1. The first-order chi connectivity index (χ1) is 7.74. The third-order valence-corrected chi connectivity index (χ3v) is 3.20. The smallest absolute Gasteiger partial charge is 0.221 e. The van der Waals surface area contributed by atoms with E-state index in [0.717, 1.165) is 13.1 Å². The lowest BCUT2D eigenvalue weighted by molar-refractivity contribution is -0.122. The molecule has 0 aromatic carbocycles. The van der Waals surface area contributed by atoms with Gasteiger partial charge in [-0.3, -0.25) is 4.79 Å². The fourth-order valence-corrected chi connectivity index (χ4v) is 2.13. The molecule has 2 atom stereocenters. The van der Waals surface area contributed by atoms with Crippen molar-refractivity contribution < 1.29 is 4.79 Å². The lowest BCUT2D eigenvalue weighted by Gasteiger charge is -2.27. The maximum absolute atomic E-state index is 11.6. The highest BCUT2D eigenvalue weighted by Crippen LogP contribution is 2.22. The molecule has 0 aliphatic carbocycles. The number of hydrogen-bond donors (Lipinski definition) is 2. The summed E-state index contributed by atoms with van der Waals surface area (Å²) in [5.74, 6) is 6.84. The molecule has 2 N–H and O–H groups in total. The van der Waals surface area contributed by atoms with Crippen LogP contribution >= 0.6 is 0 Å². The highest BCUT2D eigenvalue weighted by molar-refractivity contribution is 5.76. The summed E-state index contributed by atoms with van der Waals surface area (Å²) in [5, 5.41) is 6.21. The maximum atomic E-state index is 11.6. The van der Waals surface area contributed by atoms with Gasteiger partial charge in [0.15, 0.2) is 0 Å². The Morgan fingerprint density at radius 2 is 2.44 bits per heavy atom. The van der Waals surface area contributed by atoms with Crippen molar-refractivity contribution in [3.05, 3.63) is 0 Å². The molecule has 0 spiro atoms. The molecule has 0 saturated carbocycles. The van der Waals surface area contributed by atoms with E-state index in [0.29, 0.717) is 24.8 Å². The van der Waals surface area contributed by atoms with Crippen molar-refractivity contribution in [3.63, 3.8) is 0 Å². The van der Waals surface area contributed by atoms with Gasteiger partial charge in [-0.25, -0.2) is 0 Å². The van der Waals surface area contributed by atoms with Crippen molar-refractivity contribution in [2.75, 3.05) is 19.6 Å². The van der Waals surface area contributed by atoms with E-state index in [1.807, 2.05) is 0 Å². The zero-order valence-corrected chi connectivity index (χ0v) is 10.3. The standard InChI is InChI=1S/C13H22N2O/c1-3-4-8-15-13(16)9-11(2)12-6-5-7-14-10-12/h11-12,14H,5-10H2,1-2H3,(H,15,16). The Labute approximate surface area is 98.4 Å². The van der Waals surface area contributed by atoms with Gasteiger partial charge in [0, 0.05) is 6.42 Å². The van der Waals surface area contributed by atoms with Crippen molar-refractivity contribution in [2.24, 2.45) is 11.8 Å². The summed E-state index contributed by atoms with van der Waals surface area (Å²) in [6.45, 7) is 6.61. The summed E-state index contributed by atoms with van der Waals surface area (Å²) in [5.41, 5.74) is 0. The van der Waals surface area contributed by atoms with E-state index >= 15 is 0 Å². The van der Waals surface area contributed by atoms with Crippen LogP contribution in [0.25, 0.3) is 0 Å². The Morgan fingerprint density at radius 3 is 3.06 bits per heavy atom. The summed E-state index contributed by atoms with van der Waals surface area (Å²) in [6, 6.07) is 0. The predicted octanol–water partition coefficient (Wildman–Crippen LogP) is 1.15. The van der Waals surface area contributed by atoms with Crippen molar-refractivity contribution in [1.82, 2.24) is 10.6 Å². The number of nitrogens with one attached hydrogen (secondary N) is 2. The maximum Gasteiger partial charge on any atom is 0.221 e. The third-order valence-electron chi connectivity index (χ3n) is 3.20. The minimum absolute atomic E-state index is 0.126. The van der Waals surface area contributed by atoms with Crippen LogP contribution in [0.1, 0.15) is 33.1 Å². The number of carbonyl (C=O) groups is 1. The fraction of sp³-hybridized carbons (Fsp3) is 0.769. The largest absolute Gasteiger partial charge is 0.345 e. The van der Waals surface area contributed by atoms with E-state index in [-0.39, 0.29) is 5.91 Å². The highest BCUT2D eigenvalue weighted by Gasteiger charge is 2.21. The van der Waals surface area contributed by atoms with Crippen molar-refractivity contribution in [3.8, 4) is 11.8 Å². The molecule has 90 valence electrons. The Morgan fingerprint density at radius 1 is 1.62 bits per heavy atom. The normalized spacial score (nSPS) is 21.8. The first-order valence-electron chi connectivity index (χ1n) is 6.11. The lowest BCUT2D eigenvalue weighted by atomic mass is 9.85. The molecule has 1 heterocycles. The fourth-order valence-electron chi connectivity index (χ4n) is 2.13. The van der Waals surface area contributed by atoms with Gasteiger partial charge in [0.05, 0.1) is 6.54 Å². The van der Waals surface area contributed by atoms with Gasteiger partial charge in [0.25, 0.3) is 0 Å². The van der Waals surface area contributed by atoms with Gasteiger partial charge in [0.1, 0.15) is 0 Å². The van der Waals surface area contributed by atoms with E-state index in [1.54, 1.807) is 6.92 Å². The van der Waals surface area contributed by atoms with Crippen LogP contribution in [0.15, 0.2) is 0 Å². The SMILES string of the molecule is CC#CCNC(=O)CC(C)C1CCCNC1. The minimum atomic E-state index is 0.126. The van der Waals surface area contributed by atoms with E-state index in [4.69, 9.17) is 0 Å². The number of rotatable bonds is 4. The topological polar surface area (TPSA) is 41.1 Å². The molecule has 1 aliphatic rings. The molecule has 1 rings (SSSR count). The molecule has 1 fully saturated rings. The molecule has 16 heavy (non-hydrogen) atoms. The lowest BCUT2D eigenvalue weighted by Crippen LogP contribution is -2.35. The Hall–Kier alpha value is -1.01. The summed E-state index contributed by atoms with van der Waals surface area (Å²) < 4.78 is 0. The molecule has 3 heteroatoms. The van der Waals surface area contributed by atoms with E-state index in [1.165, 1.54) is 12.8 Å². The zero-order chi connectivity index (χ0) is 11.8. The molecule has 0 aromatic rings. The molecule has 0 bridgehead atoms. The second-order valence-electron chi connectivity index (χ2n) is 4.49. The predicted molar refractivity (Wildman–Crippen MR) is 65.8 cm³/mol. The molecule has 3 nitrogen and oxygen atoms in total. The average molecular weight is 222 g/mol. The van der Waals surface area contributed by atoms with Crippen LogP contribution in [-0.2, 0) is 4.79 Å². The third kappa shape index (κ3) is 4.67. The first kappa shape index (κ1) is 13.1. The van der Waals surface area contributed by atoms with Crippen LogP contribution in [0.3, 0.4) is 0 Å². The Bertz CT molecular complexity index is 271. The van der Waals surface area contributed by atoms with Gasteiger partial charge in [-0.1, -0.05) is 12.8 Å². The van der Waals surface area contributed by atoms with E-state index < -0.39 is 0 Å². The van der Waals surface area contributed by atoms with Crippen molar-refractivity contribution >= 4 is 5.91 Å². The summed E-state index contributed by atoms with van der Waals surface area (Å²) in [7, 11) is 0. The van der Waals surface area contributed by atoms with Gasteiger partial charge < -0.3 is 10.6 Å². The van der Waals surface area contributed by atoms with Crippen LogP contribution in [-0.4, -0.2) is 25.5 Å². The van der Waals surface area contributed by atoms with E-state index in [2.05, 4.69) is 29.4 Å². The molecule has 0 aromatic heterocycles. The second kappa shape index (κ2) is 7.29. The molecule has 1 aliphatic heterocycles. The first-order valence-corrected chi connectivity index (χ1v) is 6.11. The molecule has 2 unspecified atom stereocenters. The van der Waals surface area contributed by atoms with Crippen LogP contribution in [0, 0.1) is 23.7 Å². The van der Waals surface area contributed by atoms with Crippen molar-refractivity contribution in [2.45, 2.75) is 33.1 Å². The van der Waals surface area contributed by atoms with Gasteiger partial charge >= 0.3 is 0 Å². The second-order valence-corrected chi connectivity index (χ2v) is 4.49. The van der Waals surface area contributed by atoms with E-state index in [9.17, 15) is 4.79 Å². The number of hydrogen-bond acceptors (Lipinski definition) is 2. The minimum Gasteiger partial charge on any atom is -0.345 e. The van der Waals surface area contributed by atoms with Crippen LogP contribution in [0.5, 0.6) is 0 Å². The van der Waals surface area contributed by atoms with Gasteiger partial charge in [-0.05, 0) is 44.7 Å². The Balaban J connectivity index is 2.22. The van der Waals surface area contributed by atoms with Crippen molar-refractivity contribution in [1.29, 1.82) is 0 Å². The quantitative estimate of drug-likeness (QED) is 0.701. The molecule has 1 saturated heterocycles. The van der Waals surface area contributed by atoms with Crippen LogP contribution in [0.2, 0.25) is 0 Å². The molecular formula is C13H22N2O. The molecule has 1 amide bonds. The van der Waals surface area contributed by atoms with Crippen LogP contribution < -0.4 is 10.6 Å². The monoisotopic (exact) mass is 222 g/mol. The van der Waals surface area contributed by atoms with Crippen LogP contribution in [0.4, 0.5) is 0 Å². The molecular weight excluding hydrogens is 200 g/mol. The number of piperidine rings is 1. The van der Waals surface area contributed by atoms with Gasteiger partial charge in [-0.2, -0.15) is 0 Å². The number of carbonyl (C=O) groups excluding carboxylic acids is 1. The average Bonchev–Trinajstić information content (AvgIpc) is 2.30. The van der Waals surface area contributed by atoms with Gasteiger partial charge in [-0.15, -0.1) is 5.92 Å².